The zero-order valence-electron chi connectivity index (χ0n) is 16.9. The van der Waals surface area contributed by atoms with Crippen LogP contribution in [0.25, 0.3) is 0 Å². The summed E-state index contributed by atoms with van der Waals surface area (Å²) in [7, 11) is 1.73. The van der Waals surface area contributed by atoms with E-state index in [1.165, 1.54) is 36.0 Å². The summed E-state index contributed by atoms with van der Waals surface area (Å²) in [6, 6.07) is 13.1. The molecule has 10 nitrogen and oxygen atoms in total. The van der Waals surface area contributed by atoms with Crippen LogP contribution in [0.5, 0.6) is 0 Å². The largest absolute Gasteiger partial charge is 0.325 e. The van der Waals surface area contributed by atoms with Crippen LogP contribution >= 0.6 is 11.8 Å². The first-order valence-electron chi connectivity index (χ1n) is 9.24. The molecule has 0 spiro atoms. The van der Waals surface area contributed by atoms with Crippen LogP contribution in [0.4, 0.5) is 17.1 Å². The Morgan fingerprint density at radius 2 is 1.77 bits per heavy atom. The number of carbonyl (C=O) groups is 2. The number of non-ortho nitro benzene ring substituents is 1. The fourth-order valence-electron chi connectivity index (χ4n) is 2.67. The molecule has 0 radical (unpaired) electrons. The van der Waals surface area contributed by atoms with E-state index in [0.717, 1.165) is 11.3 Å². The van der Waals surface area contributed by atoms with Gasteiger partial charge in [0.1, 0.15) is 5.82 Å². The summed E-state index contributed by atoms with van der Waals surface area (Å²) in [6.45, 7) is 1.91. The van der Waals surface area contributed by atoms with E-state index < -0.39 is 4.92 Å². The van der Waals surface area contributed by atoms with Gasteiger partial charge in [-0.05, 0) is 30.7 Å². The Balaban J connectivity index is 1.52. The van der Waals surface area contributed by atoms with Crippen molar-refractivity contribution in [2.75, 3.05) is 16.4 Å². The van der Waals surface area contributed by atoms with Crippen molar-refractivity contribution in [2.24, 2.45) is 7.05 Å². The van der Waals surface area contributed by atoms with E-state index in [-0.39, 0.29) is 29.7 Å². The van der Waals surface area contributed by atoms with E-state index in [2.05, 4.69) is 20.8 Å². The Kier molecular flexibility index (Phi) is 6.98. The van der Waals surface area contributed by atoms with Gasteiger partial charge in [-0.25, -0.2) is 0 Å². The first kappa shape index (κ1) is 22.0. The zero-order valence-corrected chi connectivity index (χ0v) is 17.7. The molecule has 0 bridgehead atoms. The third kappa shape index (κ3) is 5.89. The number of thioether (sulfide) groups is 1. The number of carbonyl (C=O) groups excluding carboxylic acids is 2. The molecule has 0 atom stereocenters. The van der Waals surface area contributed by atoms with Gasteiger partial charge >= 0.3 is 0 Å². The molecular weight excluding hydrogens is 420 g/mol. The molecule has 3 rings (SSSR count). The Morgan fingerprint density at radius 3 is 2.45 bits per heavy atom. The summed E-state index contributed by atoms with van der Waals surface area (Å²) >= 11 is 1.17. The molecule has 2 amide bonds. The molecule has 1 aromatic heterocycles. The molecule has 2 N–H and O–H groups in total. The maximum Gasteiger partial charge on any atom is 0.269 e. The normalized spacial score (nSPS) is 10.5. The highest BCUT2D eigenvalue weighted by Gasteiger charge is 2.15. The topological polar surface area (TPSA) is 132 Å². The van der Waals surface area contributed by atoms with Crippen LogP contribution in [0.1, 0.15) is 11.4 Å². The Labute approximate surface area is 182 Å². The van der Waals surface area contributed by atoms with E-state index in [0.29, 0.717) is 16.7 Å². The van der Waals surface area contributed by atoms with Crippen LogP contribution in [0, 0.1) is 17.0 Å². The number of benzene rings is 2. The molecule has 1 heterocycles. The molecule has 0 saturated heterocycles. The molecule has 0 saturated carbocycles. The van der Waals surface area contributed by atoms with Gasteiger partial charge in [-0.1, -0.05) is 30.0 Å². The van der Waals surface area contributed by atoms with Gasteiger partial charge in [0.15, 0.2) is 5.16 Å². The van der Waals surface area contributed by atoms with Crippen molar-refractivity contribution >= 4 is 40.6 Å². The average molecular weight is 440 g/mol. The SMILES string of the molecule is Cc1ccccc1NC(=O)Cc1nnc(SCC(=O)Nc2ccc([N+](=O)[O-])cc2)n1C. The summed E-state index contributed by atoms with van der Waals surface area (Å²) in [4.78, 5) is 34.6. The fraction of sp³-hybridized carbons (Fsp3) is 0.200. The maximum absolute atomic E-state index is 12.3. The smallest absolute Gasteiger partial charge is 0.269 e. The number of aryl methyl sites for hydroxylation is 1. The minimum atomic E-state index is -0.506. The molecule has 0 aliphatic heterocycles. The summed E-state index contributed by atoms with van der Waals surface area (Å²) in [6.07, 6.45) is 0.0490. The van der Waals surface area contributed by atoms with Gasteiger partial charge in [-0.3, -0.25) is 19.7 Å². The van der Waals surface area contributed by atoms with Crippen molar-refractivity contribution in [1.29, 1.82) is 0 Å². The number of aromatic nitrogens is 3. The van der Waals surface area contributed by atoms with Gasteiger partial charge in [0.25, 0.3) is 5.69 Å². The number of rotatable bonds is 8. The summed E-state index contributed by atoms with van der Waals surface area (Å²) in [5.74, 6) is 0.0422. The number of anilines is 2. The highest BCUT2D eigenvalue weighted by atomic mass is 32.2. The van der Waals surface area contributed by atoms with E-state index in [4.69, 9.17) is 0 Å². The zero-order chi connectivity index (χ0) is 22.4. The second-order valence-electron chi connectivity index (χ2n) is 6.64. The highest BCUT2D eigenvalue weighted by molar-refractivity contribution is 7.99. The van der Waals surface area contributed by atoms with Gasteiger partial charge in [-0.15, -0.1) is 10.2 Å². The van der Waals surface area contributed by atoms with Crippen molar-refractivity contribution in [3.05, 3.63) is 70.0 Å². The van der Waals surface area contributed by atoms with E-state index in [1.807, 2.05) is 31.2 Å². The minimum absolute atomic E-state index is 0.0490. The van der Waals surface area contributed by atoms with Crippen molar-refractivity contribution in [1.82, 2.24) is 14.8 Å². The standard InChI is InChI=1S/C20H20N6O4S/c1-13-5-3-4-6-16(13)22-18(27)11-17-23-24-20(25(17)2)31-12-19(28)21-14-7-9-15(10-8-14)26(29)30/h3-10H,11-12H2,1-2H3,(H,21,28)(H,22,27). The lowest BCUT2D eigenvalue weighted by molar-refractivity contribution is -0.384. The lowest BCUT2D eigenvalue weighted by Crippen LogP contribution is -2.17. The van der Waals surface area contributed by atoms with Gasteiger partial charge in [-0.2, -0.15) is 0 Å². The summed E-state index contributed by atoms with van der Waals surface area (Å²) in [5, 5.41) is 24.8. The van der Waals surface area contributed by atoms with E-state index >= 15 is 0 Å². The third-order valence-corrected chi connectivity index (χ3v) is 5.38. The number of nitrogens with one attached hydrogen (secondary N) is 2. The number of amides is 2. The number of nitro benzene ring substituents is 1. The number of nitrogens with zero attached hydrogens (tertiary/aromatic N) is 4. The summed E-state index contributed by atoms with van der Waals surface area (Å²) < 4.78 is 1.67. The fourth-order valence-corrected chi connectivity index (χ4v) is 3.40. The van der Waals surface area contributed by atoms with Crippen LogP contribution in [-0.4, -0.2) is 37.3 Å². The lowest BCUT2D eigenvalue weighted by Gasteiger charge is -2.08. The first-order valence-corrected chi connectivity index (χ1v) is 10.2. The molecule has 2 aromatic carbocycles. The van der Waals surface area contributed by atoms with Gasteiger partial charge < -0.3 is 15.2 Å². The predicted octanol–water partition coefficient (Wildman–Crippen LogP) is 2.94. The molecule has 0 unspecified atom stereocenters. The number of hydrogen-bond acceptors (Lipinski definition) is 7. The third-order valence-electron chi connectivity index (χ3n) is 4.36. The van der Waals surface area contributed by atoms with Crippen LogP contribution in [-0.2, 0) is 23.1 Å². The van der Waals surface area contributed by atoms with Crippen LogP contribution in [0.15, 0.2) is 53.7 Å². The molecule has 0 fully saturated rings. The van der Waals surface area contributed by atoms with Crippen molar-refractivity contribution in [3.8, 4) is 0 Å². The first-order chi connectivity index (χ1) is 14.8. The summed E-state index contributed by atoms with van der Waals surface area (Å²) in [5.41, 5.74) is 2.12. The molecule has 11 heteroatoms. The number of nitro groups is 1. The molecule has 160 valence electrons. The number of hydrogen-bond donors (Lipinski definition) is 2. The Hall–Kier alpha value is -3.73. The second kappa shape index (κ2) is 9.85. The maximum atomic E-state index is 12.3. The van der Waals surface area contributed by atoms with Crippen LogP contribution < -0.4 is 10.6 Å². The average Bonchev–Trinajstić information content (AvgIpc) is 3.08. The molecule has 0 aliphatic carbocycles. The lowest BCUT2D eigenvalue weighted by atomic mass is 10.2. The number of para-hydroxylation sites is 1. The van der Waals surface area contributed by atoms with Crippen molar-refractivity contribution in [3.63, 3.8) is 0 Å². The molecule has 31 heavy (non-hydrogen) atoms. The van der Waals surface area contributed by atoms with E-state index in [1.54, 1.807) is 11.6 Å². The Bertz CT molecular complexity index is 1110. The van der Waals surface area contributed by atoms with Crippen LogP contribution in [0.2, 0.25) is 0 Å². The monoisotopic (exact) mass is 440 g/mol. The quantitative estimate of drug-likeness (QED) is 0.313. The predicted molar refractivity (Wildman–Crippen MR) is 117 cm³/mol. The van der Waals surface area contributed by atoms with Gasteiger partial charge in [0, 0.05) is 30.6 Å². The van der Waals surface area contributed by atoms with Crippen LogP contribution in [0.3, 0.4) is 0 Å². The van der Waals surface area contributed by atoms with Gasteiger partial charge in [0.05, 0.1) is 17.1 Å². The van der Waals surface area contributed by atoms with Gasteiger partial charge in [0.2, 0.25) is 11.8 Å². The van der Waals surface area contributed by atoms with Crippen molar-refractivity contribution < 1.29 is 14.5 Å². The second-order valence-corrected chi connectivity index (χ2v) is 7.58. The highest BCUT2D eigenvalue weighted by Crippen LogP contribution is 2.19. The Morgan fingerprint density at radius 1 is 1.06 bits per heavy atom. The molecular formula is C20H20N6O4S. The minimum Gasteiger partial charge on any atom is -0.325 e. The molecule has 0 aliphatic rings. The van der Waals surface area contributed by atoms with E-state index in [9.17, 15) is 19.7 Å². The molecule has 3 aromatic rings. The van der Waals surface area contributed by atoms with Crippen molar-refractivity contribution in [2.45, 2.75) is 18.5 Å².